The molecule has 1 aliphatic rings. The highest BCUT2D eigenvalue weighted by Crippen LogP contribution is 2.22. The van der Waals surface area contributed by atoms with E-state index in [0.717, 1.165) is 32.1 Å². The Balaban J connectivity index is 2.22. The maximum atomic E-state index is 9.11. The second-order valence-electron chi connectivity index (χ2n) is 4.90. The molecule has 1 fully saturated rings. The molecule has 0 unspecified atom stereocenters. The van der Waals surface area contributed by atoms with Crippen molar-refractivity contribution in [2.75, 3.05) is 26.2 Å². The molecular weight excluding hydrogens is 200 g/mol. The number of nitrogens with zero attached hydrogens (tertiary/aromatic N) is 1. The number of hydrogen-bond acceptors (Lipinski definition) is 3. The van der Waals surface area contributed by atoms with Gasteiger partial charge in [-0.05, 0) is 38.8 Å². The van der Waals surface area contributed by atoms with Crippen molar-refractivity contribution in [2.45, 2.75) is 57.4 Å². The summed E-state index contributed by atoms with van der Waals surface area (Å²) >= 11 is 0. The number of hydrogen-bond donors (Lipinski definition) is 2. The highest BCUT2D eigenvalue weighted by molar-refractivity contribution is 4.75. The van der Waals surface area contributed by atoms with Crippen LogP contribution in [0.5, 0.6) is 0 Å². The zero-order valence-corrected chi connectivity index (χ0v) is 10.5. The fourth-order valence-electron chi connectivity index (χ4n) is 2.69. The molecule has 0 aromatic rings. The zero-order chi connectivity index (χ0) is 11.6. The smallest absolute Gasteiger partial charge is 0.0558 e. The minimum Gasteiger partial charge on any atom is -0.395 e. The van der Waals surface area contributed by atoms with Gasteiger partial charge in [-0.15, -0.1) is 0 Å². The van der Waals surface area contributed by atoms with Crippen LogP contribution >= 0.6 is 0 Å². The van der Waals surface area contributed by atoms with Crippen molar-refractivity contribution in [1.29, 1.82) is 0 Å². The lowest BCUT2D eigenvalue weighted by atomic mass is 9.94. The summed E-state index contributed by atoms with van der Waals surface area (Å²) in [6.07, 6.45) is 10.4. The van der Waals surface area contributed by atoms with Crippen molar-refractivity contribution in [3.8, 4) is 0 Å². The molecule has 0 heterocycles. The van der Waals surface area contributed by atoms with Crippen molar-refractivity contribution in [1.82, 2.24) is 4.90 Å². The third-order valence-corrected chi connectivity index (χ3v) is 3.63. The first-order valence-electron chi connectivity index (χ1n) is 6.93. The van der Waals surface area contributed by atoms with Gasteiger partial charge in [0.25, 0.3) is 0 Å². The summed E-state index contributed by atoms with van der Waals surface area (Å²) in [5, 5.41) is 9.11. The molecule has 1 saturated carbocycles. The van der Waals surface area contributed by atoms with Crippen LogP contribution in [-0.2, 0) is 0 Å². The van der Waals surface area contributed by atoms with Crippen LogP contribution in [0.3, 0.4) is 0 Å². The van der Waals surface area contributed by atoms with E-state index < -0.39 is 0 Å². The van der Waals surface area contributed by atoms with Crippen molar-refractivity contribution in [3.05, 3.63) is 0 Å². The quantitative estimate of drug-likeness (QED) is 0.622. The summed E-state index contributed by atoms with van der Waals surface area (Å²) in [7, 11) is 0. The highest BCUT2D eigenvalue weighted by Gasteiger charge is 2.19. The van der Waals surface area contributed by atoms with Gasteiger partial charge < -0.3 is 10.8 Å². The first kappa shape index (κ1) is 13.9. The number of rotatable bonds is 8. The standard InChI is InChI=1S/C13H28N2O/c14-9-5-2-6-10-15(11-12-16)13-7-3-1-4-8-13/h13,16H,1-12,14H2. The second kappa shape index (κ2) is 8.97. The summed E-state index contributed by atoms with van der Waals surface area (Å²) in [6, 6.07) is 0.735. The van der Waals surface area contributed by atoms with E-state index in [9.17, 15) is 0 Å². The van der Waals surface area contributed by atoms with E-state index in [2.05, 4.69) is 4.90 Å². The molecule has 0 saturated heterocycles. The maximum absolute atomic E-state index is 9.11. The minimum atomic E-state index is 0.299. The molecule has 3 heteroatoms. The lowest BCUT2D eigenvalue weighted by Crippen LogP contribution is -2.39. The number of nitrogens with two attached hydrogens (primary N) is 1. The van der Waals surface area contributed by atoms with E-state index in [4.69, 9.17) is 10.8 Å². The van der Waals surface area contributed by atoms with Gasteiger partial charge in [-0.3, -0.25) is 4.90 Å². The summed E-state index contributed by atoms with van der Waals surface area (Å²) in [4.78, 5) is 2.50. The van der Waals surface area contributed by atoms with Crippen molar-refractivity contribution >= 4 is 0 Å². The molecule has 3 N–H and O–H groups in total. The molecule has 0 bridgehead atoms. The van der Waals surface area contributed by atoms with E-state index in [-0.39, 0.29) is 0 Å². The second-order valence-corrected chi connectivity index (χ2v) is 4.90. The molecule has 0 spiro atoms. The highest BCUT2D eigenvalue weighted by atomic mass is 16.3. The third kappa shape index (κ3) is 5.28. The van der Waals surface area contributed by atoms with Crippen molar-refractivity contribution in [2.24, 2.45) is 5.73 Å². The molecule has 96 valence electrons. The monoisotopic (exact) mass is 228 g/mol. The van der Waals surface area contributed by atoms with Gasteiger partial charge >= 0.3 is 0 Å². The lowest BCUT2D eigenvalue weighted by molar-refractivity contribution is 0.122. The molecule has 3 nitrogen and oxygen atoms in total. The Labute approximate surface area is 100 Å². The van der Waals surface area contributed by atoms with E-state index in [0.29, 0.717) is 6.61 Å². The summed E-state index contributed by atoms with van der Waals surface area (Å²) in [5.74, 6) is 0. The largest absolute Gasteiger partial charge is 0.395 e. The lowest BCUT2D eigenvalue weighted by Gasteiger charge is -2.34. The van der Waals surface area contributed by atoms with Gasteiger partial charge in [0.2, 0.25) is 0 Å². The molecule has 16 heavy (non-hydrogen) atoms. The van der Waals surface area contributed by atoms with Crippen LogP contribution in [0.15, 0.2) is 0 Å². The van der Waals surface area contributed by atoms with Crippen LogP contribution in [0.4, 0.5) is 0 Å². The maximum Gasteiger partial charge on any atom is 0.0558 e. The van der Waals surface area contributed by atoms with Gasteiger partial charge in [0.05, 0.1) is 6.61 Å². The average molecular weight is 228 g/mol. The topological polar surface area (TPSA) is 49.5 Å². The van der Waals surface area contributed by atoms with Crippen molar-refractivity contribution in [3.63, 3.8) is 0 Å². The fraction of sp³-hybridized carbons (Fsp3) is 1.00. The molecule has 0 aliphatic heterocycles. The van der Waals surface area contributed by atoms with E-state index in [1.165, 1.54) is 44.9 Å². The minimum absolute atomic E-state index is 0.299. The van der Waals surface area contributed by atoms with Crippen LogP contribution in [0, 0.1) is 0 Å². The zero-order valence-electron chi connectivity index (χ0n) is 10.5. The number of aliphatic hydroxyl groups is 1. The number of unbranched alkanes of at least 4 members (excludes halogenated alkanes) is 2. The Hall–Kier alpha value is -0.120. The first-order chi connectivity index (χ1) is 7.88. The Morgan fingerprint density at radius 1 is 1.00 bits per heavy atom. The number of aliphatic hydroxyl groups excluding tert-OH is 1. The molecular formula is C13H28N2O. The molecule has 0 radical (unpaired) electrons. The van der Waals surface area contributed by atoms with Crippen LogP contribution in [-0.4, -0.2) is 42.3 Å². The third-order valence-electron chi connectivity index (χ3n) is 3.63. The first-order valence-corrected chi connectivity index (χ1v) is 6.93. The van der Waals surface area contributed by atoms with Gasteiger partial charge in [-0.25, -0.2) is 0 Å². The molecule has 1 rings (SSSR count). The van der Waals surface area contributed by atoms with Crippen LogP contribution in [0.25, 0.3) is 0 Å². The Kier molecular flexibility index (Phi) is 7.81. The molecule has 0 aromatic heterocycles. The normalized spacial score (nSPS) is 18.2. The predicted molar refractivity (Wildman–Crippen MR) is 68.4 cm³/mol. The SMILES string of the molecule is NCCCCCN(CCO)C1CCCCC1. The molecule has 0 atom stereocenters. The van der Waals surface area contributed by atoms with Gasteiger partial charge in [0.15, 0.2) is 0 Å². The molecule has 0 amide bonds. The molecule has 1 aliphatic carbocycles. The van der Waals surface area contributed by atoms with Crippen LogP contribution in [0.1, 0.15) is 51.4 Å². The Morgan fingerprint density at radius 2 is 1.75 bits per heavy atom. The summed E-state index contributed by atoms with van der Waals surface area (Å²) < 4.78 is 0. The van der Waals surface area contributed by atoms with Gasteiger partial charge in [-0.1, -0.05) is 25.7 Å². The van der Waals surface area contributed by atoms with Gasteiger partial charge in [-0.2, -0.15) is 0 Å². The summed E-state index contributed by atoms with van der Waals surface area (Å²) in [6.45, 7) is 3.11. The van der Waals surface area contributed by atoms with E-state index >= 15 is 0 Å². The van der Waals surface area contributed by atoms with Gasteiger partial charge in [0, 0.05) is 12.6 Å². The molecule has 0 aromatic carbocycles. The van der Waals surface area contributed by atoms with Crippen LogP contribution < -0.4 is 5.73 Å². The van der Waals surface area contributed by atoms with E-state index in [1.54, 1.807) is 0 Å². The summed E-state index contributed by atoms with van der Waals surface area (Å²) in [5.41, 5.74) is 5.49. The average Bonchev–Trinajstić information content (AvgIpc) is 2.34. The predicted octanol–water partition coefficient (Wildman–Crippen LogP) is 1.74. The van der Waals surface area contributed by atoms with E-state index in [1.807, 2.05) is 0 Å². The van der Waals surface area contributed by atoms with Gasteiger partial charge in [0.1, 0.15) is 0 Å². The van der Waals surface area contributed by atoms with Crippen molar-refractivity contribution < 1.29 is 5.11 Å². The Bertz CT molecular complexity index is 158. The fourth-order valence-corrected chi connectivity index (χ4v) is 2.69. The Morgan fingerprint density at radius 3 is 2.38 bits per heavy atom. The van der Waals surface area contributed by atoms with Crippen LogP contribution in [0.2, 0.25) is 0 Å².